The summed E-state index contributed by atoms with van der Waals surface area (Å²) in [6, 6.07) is 4.19. The summed E-state index contributed by atoms with van der Waals surface area (Å²) in [5.41, 5.74) is 1.42. The first-order valence-corrected chi connectivity index (χ1v) is 6.15. The molecule has 112 valence electrons. The fraction of sp³-hybridized carbons (Fsp3) is 0.267. The van der Waals surface area contributed by atoms with Gasteiger partial charge in [-0.1, -0.05) is 5.57 Å². The molecule has 0 atom stereocenters. The SMILES string of the molecule is COC(=O)c1cc(NC(=O)C=C(C)C)cc(C(=O)OC)c1. The van der Waals surface area contributed by atoms with E-state index in [2.05, 4.69) is 14.8 Å². The second kappa shape index (κ2) is 7.23. The molecule has 0 fully saturated rings. The van der Waals surface area contributed by atoms with Crippen LogP contribution in [0.4, 0.5) is 5.69 Å². The molecular formula is C15H17NO5. The van der Waals surface area contributed by atoms with Crippen molar-refractivity contribution in [2.75, 3.05) is 19.5 Å². The average molecular weight is 291 g/mol. The van der Waals surface area contributed by atoms with Gasteiger partial charge in [0, 0.05) is 11.8 Å². The first-order valence-electron chi connectivity index (χ1n) is 6.15. The highest BCUT2D eigenvalue weighted by Gasteiger charge is 2.14. The van der Waals surface area contributed by atoms with Gasteiger partial charge >= 0.3 is 11.9 Å². The molecule has 0 unspecified atom stereocenters. The van der Waals surface area contributed by atoms with Crippen molar-refractivity contribution in [1.82, 2.24) is 0 Å². The van der Waals surface area contributed by atoms with E-state index < -0.39 is 11.9 Å². The van der Waals surface area contributed by atoms with Crippen LogP contribution in [-0.2, 0) is 14.3 Å². The molecule has 0 aromatic heterocycles. The van der Waals surface area contributed by atoms with Gasteiger partial charge in [-0.2, -0.15) is 0 Å². The number of benzene rings is 1. The van der Waals surface area contributed by atoms with Crippen LogP contribution in [0.5, 0.6) is 0 Å². The highest BCUT2D eigenvalue weighted by molar-refractivity contribution is 6.02. The van der Waals surface area contributed by atoms with E-state index in [0.717, 1.165) is 5.57 Å². The summed E-state index contributed by atoms with van der Waals surface area (Å²) in [5.74, 6) is -1.58. The molecule has 0 aliphatic heterocycles. The molecule has 1 aromatic carbocycles. The Hall–Kier alpha value is -2.63. The van der Waals surface area contributed by atoms with Crippen molar-refractivity contribution in [3.8, 4) is 0 Å². The van der Waals surface area contributed by atoms with Gasteiger partial charge in [-0.3, -0.25) is 4.79 Å². The number of hydrogen-bond acceptors (Lipinski definition) is 5. The molecule has 0 aliphatic rings. The molecule has 0 heterocycles. The van der Waals surface area contributed by atoms with Crippen molar-refractivity contribution < 1.29 is 23.9 Å². The Balaban J connectivity index is 3.19. The Morgan fingerprint density at radius 3 is 1.81 bits per heavy atom. The molecule has 0 bridgehead atoms. The number of carbonyl (C=O) groups is 3. The van der Waals surface area contributed by atoms with Crippen molar-refractivity contribution in [3.05, 3.63) is 41.0 Å². The zero-order valence-corrected chi connectivity index (χ0v) is 12.4. The van der Waals surface area contributed by atoms with E-state index in [-0.39, 0.29) is 17.0 Å². The molecular weight excluding hydrogens is 274 g/mol. The minimum absolute atomic E-state index is 0.146. The summed E-state index contributed by atoms with van der Waals surface area (Å²) < 4.78 is 9.23. The average Bonchev–Trinajstić information content (AvgIpc) is 2.44. The molecule has 0 radical (unpaired) electrons. The van der Waals surface area contributed by atoms with Crippen molar-refractivity contribution in [2.24, 2.45) is 0 Å². The van der Waals surface area contributed by atoms with E-state index in [1.165, 1.54) is 38.5 Å². The van der Waals surface area contributed by atoms with Crippen LogP contribution in [0.15, 0.2) is 29.8 Å². The van der Waals surface area contributed by atoms with E-state index in [1.54, 1.807) is 13.8 Å². The van der Waals surface area contributed by atoms with E-state index in [1.807, 2.05) is 0 Å². The van der Waals surface area contributed by atoms with Gasteiger partial charge in [0.1, 0.15) is 0 Å². The van der Waals surface area contributed by atoms with Crippen LogP contribution in [0.1, 0.15) is 34.6 Å². The number of ether oxygens (including phenoxy) is 2. The number of anilines is 1. The third-order valence-corrected chi connectivity index (χ3v) is 2.46. The smallest absolute Gasteiger partial charge is 0.337 e. The number of methoxy groups -OCH3 is 2. The predicted molar refractivity (Wildman–Crippen MR) is 77.2 cm³/mol. The lowest BCUT2D eigenvalue weighted by molar-refractivity contribution is -0.112. The third-order valence-electron chi connectivity index (χ3n) is 2.46. The van der Waals surface area contributed by atoms with Crippen molar-refractivity contribution >= 4 is 23.5 Å². The second-order valence-electron chi connectivity index (χ2n) is 4.49. The highest BCUT2D eigenvalue weighted by atomic mass is 16.5. The van der Waals surface area contributed by atoms with Crippen molar-refractivity contribution in [3.63, 3.8) is 0 Å². The molecule has 1 aromatic rings. The summed E-state index contributed by atoms with van der Waals surface area (Å²) in [6.07, 6.45) is 1.41. The van der Waals surface area contributed by atoms with Crippen LogP contribution >= 0.6 is 0 Å². The molecule has 21 heavy (non-hydrogen) atoms. The minimum Gasteiger partial charge on any atom is -0.465 e. The van der Waals surface area contributed by atoms with Gasteiger partial charge in [0.25, 0.3) is 0 Å². The zero-order valence-electron chi connectivity index (χ0n) is 12.4. The Labute approximate surface area is 122 Å². The topological polar surface area (TPSA) is 81.7 Å². The minimum atomic E-state index is -0.613. The van der Waals surface area contributed by atoms with Gasteiger partial charge in [-0.15, -0.1) is 0 Å². The maximum Gasteiger partial charge on any atom is 0.337 e. The standard InChI is InChI=1S/C15H17NO5/c1-9(2)5-13(17)16-12-7-10(14(18)20-3)6-11(8-12)15(19)21-4/h5-8H,1-4H3,(H,16,17). The summed E-state index contributed by atoms with van der Waals surface area (Å²) in [6.45, 7) is 3.56. The zero-order chi connectivity index (χ0) is 16.0. The van der Waals surface area contributed by atoms with Gasteiger partial charge in [0.15, 0.2) is 0 Å². The Morgan fingerprint density at radius 2 is 1.43 bits per heavy atom. The Kier molecular flexibility index (Phi) is 5.66. The fourth-order valence-electron chi connectivity index (χ4n) is 1.61. The number of nitrogens with one attached hydrogen (secondary N) is 1. The molecule has 0 saturated carbocycles. The Morgan fingerprint density at radius 1 is 0.952 bits per heavy atom. The lowest BCUT2D eigenvalue weighted by Gasteiger charge is -2.08. The number of rotatable bonds is 4. The maximum atomic E-state index is 11.7. The van der Waals surface area contributed by atoms with E-state index >= 15 is 0 Å². The van der Waals surface area contributed by atoms with Crippen LogP contribution in [-0.4, -0.2) is 32.1 Å². The predicted octanol–water partition coefficient (Wildman–Crippen LogP) is 2.16. The summed E-state index contributed by atoms with van der Waals surface area (Å²) >= 11 is 0. The van der Waals surface area contributed by atoms with E-state index in [0.29, 0.717) is 5.69 Å². The van der Waals surface area contributed by atoms with Gasteiger partial charge in [0.2, 0.25) is 5.91 Å². The number of hydrogen-bond donors (Lipinski definition) is 1. The lowest BCUT2D eigenvalue weighted by atomic mass is 10.1. The van der Waals surface area contributed by atoms with Crippen LogP contribution < -0.4 is 5.32 Å². The number of allylic oxidation sites excluding steroid dienone is 1. The van der Waals surface area contributed by atoms with Gasteiger partial charge in [0.05, 0.1) is 25.3 Å². The largest absolute Gasteiger partial charge is 0.465 e. The summed E-state index contributed by atoms with van der Waals surface area (Å²) in [7, 11) is 2.46. The molecule has 1 N–H and O–H groups in total. The molecule has 0 spiro atoms. The monoisotopic (exact) mass is 291 g/mol. The second-order valence-corrected chi connectivity index (χ2v) is 4.49. The number of amides is 1. The van der Waals surface area contributed by atoms with Crippen LogP contribution in [0.25, 0.3) is 0 Å². The normalized spacial score (nSPS) is 9.52. The number of carbonyl (C=O) groups excluding carboxylic acids is 3. The van der Waals surface area contributed by atoms with E-state index in [9.17, 15) is 14.4 Å². The van der Waals surface area contributed by atoms with Crippen LogP contribution in [0, 0.1) is 0 Å². The molecule has 0 saturated heterocycles. The van der Waals surface area contributed by atoms with Crippen molar-refractivity contribution in [1.29, 1.82) is 0 Å². The highest BCUT2D eigenvalue weighted by Crippen LogP contribution is 2.17. The molecule has 6 heteroatoms. The molecule has 1 amide bonds. The van der Waals surface area contributed by atoms with Gasteiger partial charge < -0.3 is 14.8 Å². The van der Waals surface area contributed by atoms with Crippen molar-refractivity contribution in [2.45, 2.75) is 13.8 Å². The van der Waals surface area contributed by atoms with Crippen LogP contribution in [0.2, 0.25) is 0 Å². The quantitative estimate of drug-likeness (QED) is 0.679. The number of esters is 2. The first-order chi connectivity index (χ1) is 9.87. The Bertz CT molecular complexity index is 566. The van der Waals surface area contributed by atoms with Crippen LogP contribution in [0.3, 0.4) is 0 Å². The maximum absolute atomic E-state index is 11.7. The van der Waals surface area contributed by atoms with Gasteiger partial charge in [-0.25, -0.2) is 9.59 Å². The summed E-state index contributed by atoms with van der Waals surface area (Å²) in [4.78, 5) is 34.9. The lowest BCUT2D eigenvalue weighted by Crippen LogP contribution is -2.12. The molecule has 0 aliphatic carbocycles. The molecule has 6 nitrogen and oxygen atoms in total. The molecule has 1 rings (SSSR count). The fourth-order valence-corrected chi connectivity index (χ4v) is 1.61. The third kappa shape index (κ3) is 4.76. The van der Waals surface area contributed by atoms with E-state index in [4.69, 9.17) is 0 Å². The first kappa shape index (κ1) is 16.4. The summed E-state index contributed by atoms with van der Waals surface area (Å²) in [5, 5.41) is 2.58. The van der Waals surface area contributed by atoms with Gasteiger partial charge in [-0.05, 0) is 32.0 Å².